The third kappa shape index (κ3) is 7.96. The van der Waals surface area contributed by atoms with Crippen LogP contribution in [0, 0.1) is 0 Å². The van der Waals surface area contributed by atoms with Gasteiger partial charge in [0, 0.05) is 16.6 Å². The minimum absolute atomic E-state index is 0. The van der Waals surface area contributed by atoms with Gasteiger partial charge in [-0.15, -0.1) is 35.7 Å². The fourth-order valence-corrected chi connectivity index (χ4v) is 2.91. The lowest BCUT2D eigenvalue weighted by Crippen LogP contribution is -2.22. The number of guanidine groups is 1. The zero-order valence-electron chi connectivity index (χ0n) is 14.9. The van der Waals surface area contributed by atoms with Crippen molar-refractivity contribution < 1.29 is 4.74 Å². The number of anilines is 1. The van der Waals surface area contributed by atoms with E-state index in [2.05, 4.69) is 42.1 Å². The monoisotopic (exact) mass is 472 g/mol. The second kappa shape index (κ2) is 9.86. The molecule has 7 heteroatoms. The highest BCUT2D eigenvalue weighted by molar-refractivity contribution is 14.0. The zero-order valence-corrected chi connectivity index (χ0v) is 18.1. The molecule has 0 bridgehead atoms. The van der Waals surface area contributed by atoms with Crippen LogP contribution in [-0.2, 0) is 6.54 Å². The molecule has 0 amide bonds. The van der Waals surface area contributed by atoms with Gasteiger partial charge in [0.25, 0.3) is 0 Å². The molecule has 0 spiro atoms. The molecule has 2 aromatic rings. The molecular formula is C18H25IN4OS. The molecule has 0 unspecified atom stereocenters. The number of aliphatic imine (C=N–C) groups is 1. The zero-order chi connectivity index (χ0) is 17.6. The average molecular weight is 472 g/mol. The van der Waals surface area contributed by atoms with Gasteiger partial charge in [-0.1, -0.05) is 20.8 Å². The quantitative estimate of drug-likeness (QED) is 0.290. The fraction of sp³-hybridized carbons (Fsp3) is 0.333. The van der Waals surface area contributed by atoms with Gasteiger partial charge in [-0.2, -0.15) is 0 Å². The highest BCUT2D eigenvalue weighted by Gasteiger charge is 2.13. The third-order valence-corrected chi connectivity index (χ3v) is 4.05. The van der Waals surface area contributed by atoms with Gasteiger partial charge in [-0.05, 0) is 42.0 Å². The fourth-order valence-electron chi connectivity index (χ4n) is 1.96. The number of ether oxygens (including phenoxy) is 1. The second-order valence-corrected chi connectivity index (χ2v) is 8.12. The van der Waals surface area contributed by atoms with Crippen molar-refractivity contribution in [1.82, 2.24) is 4.98 Å². The maximum absolute atomic E-state index is 5.95. The van der Waals surface area contributed by atoms with Gasteiger partial charge in [0.15, 0.2) is 5.96 Å². The minimum atomic E-state index is 0. The van der Waals surface area contributed by atoms with Crippen LogP contribution >= 0.6 is 35.7 Å². The molecule has 1 heterocycles. The van der Waals surface area contributed by atoms with Crippen LogP contribution < -0.4 is 15.8 Å². The molecule has 136 valence electrons. The third-order valence-electron chi connectivity index (χ3n) is 3.00. The normalized spacial score (nSPS) is 11.6. The Bertz CT molecular complexity index is 699. The van der Waals surface area contributed by atoms with E-state index in [1.807, 2.05) is 36.5 Å². The number of halogens is 1. The number of nitrogens with one attached hydrogen (secondary N) is 1. The molecule has 0 aliphatic carbocycles. The second-order valence-electron chi connectivity index (χ2n) is 6.27. The molecule has 3 N–H and O–H groups in total. The van der Waals surface area contributed by atoms with Crippen LogP contribution in [-0.4, -0.2) is 22.8 Å². The van der Waals surface area contributed by atoms with E-state index in [0.29, 0.717) is 12.5 Å². The molecule has 0 saturated carbocycles. The SMILES string of the molecule is COc1ccc(NC(N)=NCc2ccnc(SC(C)(C)C)c2)cc1.I. The molecule has 1 aromatic carbocycles. The summed E-state index contributed by atoms with van der Waals surface area (Å²) in [6, 6.07) is 11.5. The van der Waals surface area contributed by atoms with Crippen molar-refractivity contribution in [3.8, 4) is 5.75 Å². The highest BCUT2D eigenvalue weighted by Crippen LogP contribution is 2.30. The minimum Gasteiger partial charge on any atom is -0.497 e. The Hall–Kier alpha value is -1.48. The number of nitrogens with two attached hydrogens (primary N) is 1. The van der Waals surface area contributed by atoms with E-state index in [1.54, 1.807) is 18.9 Å². The van der Waals surface area contributed by atoms with Crippen LogP contribution in [0.1, 0.15) is 26.3 Å². The van der Waals surface area contributed by atoms with Gasteiger partial charge in [-0.3, -0.25) is 0 Å². The number of rotatable bonds is 5. The van der Waals surface area contributed by atoms with E-state index < -0.39 is 0 Å². The number of benzene rings is 1. The first-order chi connectivity index (χ1) is 11.4. The largest absolute Gasteiger partial charge is 0.497 e. The van der Waals surface area contributed by atoms with Crippen molar-refractivity contribution >= 4 is 47.4 Å². The van der Waals surface area contributed by atoms with E-state index in [1.165, 1.54) is 0 Å². The van der Waals surface area contributed by atoms with Gasteiger partial charge >= 0.3 is 0 Å². The lowest BCUT2D eigenvalue weighted by molar-refractivity contribution is 0.415. The predicted octanol–water partition coefficient (Wildman–Crippen LogP) is 4.53. The van der Waals surface area contributed by atoms with Gasteiger partial charge in [0.2, 0.25) is 0 Å². The summed E-state index contributed by atoms with van der Waals surface area (Å²) in [5.41, 5.74) is 7.90. The van der Waals surface area contributed by atoms with Gasteiger partial charge in [0.05, 0.1) is 18.7 Å². The van der Waals surface area contributed by atoms with Crippen molar-refractivity contribution in [2.24, 2.45) is 10.7 Å². The summed E-state index contributed by atoms with van der Waals surface area (Å²) < 4.78 is 5.26. The lowest BCUT2D eigenvalue weighted by atomic mass is 10.3. The molecule has 0 radical (unpaired) electrons. The van der Waals surface area contributed by atoms with Gasteiger partial charge in [-0.25, -0.2) is 9.98 Å². The molecule has 0 saturated heterocycles. The molecule has 1 aromatic heterocycles. The molecule has 0 aliphatic heterocycles. The van der Waals surface area contributed by atoms with Gasteiger partial charge in [0.1, 0.15) is 5.75 Å². The lowest BCUT2D eigenvalue weighted by Gasteiger charge is -2.16. The number of hydrogen-bond acceptors (Lipinski definition) is 4. The van der Waals surface area contributed by atoms with E-state index in [-0.39, 0.29) is 28.7 Å². The molecule has 5 nitrogen and oxygen atoms in total. The molecule has 0 aliphatic rings. The highest BCUT2D eigenvalue weighted by atomic mass is 127. The van der Waals surface area contributed by atoms with Gasteiger partial charge < -0.3 is 15.8 Å². The molecule has 0 fully saturated rings. The Morgan fingerprint density at radius 3 is 2.52 bits per heavy atom. The number of pyridine rings is 1. The maximum atomic E-state index is 5.95. The van der Waals surface area contributed by atoms with Crippen molar-refractivity contribution in [1.29, 1.82) is 0 Å². The van der Waals surface area contributed by atoms with E-state index in [4.69, 9.17) is 10.5 Å². The Morgan fingerprint density at radius 2 is 1.92 bits per heavy atom. The average Bonchev–Trinajstić information content (AvgIpc) is 2.52. The first-order valence-electron chi connectivity index (χ1n) is 7.71. The maximum Gasteiger partial charge on any atom is 0.193 e. The number of methoxy groups -OCH3 is 1. The topological polar surface area (TPSA) is 72.5 Å². The summed E-state index contributed by atoms with van der Waals surface area (Å²) in [7, 11) is 1.64. The van der Waals surface area contributed by atoms with Crippen LogP contribution in [0.25, 0.3) is 0 Å². The predicted molar refractivity (Wildman–Crippen MR) is 117 cm³/mol. The van der Waals surface area contributed by atoms with Crippen molar-refractivity contribution in [2.45, 2.75) is 37.1 Å². The first-order valence-corrected chi connectivity index (χ1v) is 8.52. The van der Waals surface area contributed by atoms with Crippen molar-refractivity contribution in [3.63, 3.8) is 0 Å². The Morgan fingerprint density at radius 1 is 1.24 bits per heavy atom. The molecule has 2 rings (SSSR count). The number of nitrogens with zero attached hydrogens (tertiary/aromatic N) is 2. The Kier molecular flexibility index (Phi) is 8.51. The summed E-state index contributed by atoms with van der Waals surface area (Å²) in [6.45, 7) is 7.01. The molecule has 25 heavy (non-hydrogen) atoms. The van der Waals surface area contributed by atoms with E-state index in [9.17, 15) is 0 Å². The summed E-state index contributed by atoms with van der Waals surface area (Å²) in [6.07, 6.45) is 1.81. The summed E-state index contributed by atoms with van der Waals surface area (Å²) in [5, 5.41) is 4.06. The standard InChI is InChI=1S/C18H24N4OS.HI/c1-18(2,3)24-16-11-13(9-10-20-16)12-21-17(19)22-14-5-7-15(23-4)8-6-14;/h5-11H,12H2,1-4H3,(H3,19,21,22);1H. The van der Waals surface area contributed by atoms with Crippen LogP contribution in [0.15, 0.2) is 52.6 Å². The van der Waals surface area contributed by atoms with Crippen LogP contribution in [0.5, 0.6) is 5.75 Å². The number of aromatic nitrogens is 1. The molecule has 0 atom stereocenters. The summed E-state index contributed by atoms with van der Waals surface area (Å²) in [5.74, 6) is 1.18. The Labute approximate surface area is 170 Å². The summed E-state index contributed by atoms with van der Waals surface area (Å²) in [4.78, 5) is 8.78. The van der Waals surface area contributed by atoms with E-state index >= 15 is 0 Å². The first kappa shape index (κ1) is 21.6. The number of thioether (sulfide) groups is 1. The molecular weight excluding hydrogens is 447 g/mol. The number of hydrogen-bond donors (Lipinski definition) is 2. The Balaban J connectivity index is 0.00000312. The van der Waals surface area contributed by atoms with Crippen molar-refractivity contribution in [3.05, 3.63) is 48.2 Å². The van der Waals surface area contributed by atoms with Crippen molar-refractivity contribution in [2.75, 3.05) is 12.4 Å². The summed E-state index contributed by atoms with van der Waals surface area (Å²) >= 11 is 1.74. The van der Waals surface area contributed by atoms with Crippen LogP contribution in [0.4, 0.5) is 5.69 Å². The van der Waals surface area contributed by atoms with E-state index in [0.717, 1.165) is 22.0 Å². The smallest absolute Gasteiger partial charge is 0.193 e. The van der Waals surface area contributed by atoms with Crippen LogP contribution in [0.3, 0.4) is 0 Å². The van der Waals surface area contributed by atoms with Crippen LogP contribution in [0.2, 0.25) is 0 Å².